The Morgan fingerprint density at radius 3 is 1.37 bits per heavy atom. The Labute approximate surface area is 613 Å². The molecule has 0 saturated carbocycles. The molecule has 18 atom stereocenters. The maximum absolute atomic E-state index is 13.5. The highest BCUT2D eigenvalue weighted by Gasteiger charge is 2.60. The lowest BCUT2D eigenvalue weighted by molar-refractivity contribution is -0.386. The zero-order valence-electron chi connectivity index (χ0n) is 63.2. The van der Waals surface area contributed by atoms with Crippen LogP contribution in [0.4, 0.5) is 0 Å². The standard InChI is InChI=1S/C79H146N2O21/c1-4-6-8-10-12-14-16-18-20-21-22-23-24-25-26-27-28-29-30-31-32-33-34-35-36-37-39-41-43-45-47-49-51-53-66(89)81-60(61(86)52-50-48-46-44-42-40-38-19-17-15-13-11-9-7-5-2)58-97-76-71(93)70(92)73(65(57-84)99-76)100-77-72(94)75(69(91)64(56-83)98-77)102-79(78(95)96)54-62(87)67(80-59(3)85)74(101-79)68(90)63(88)55-82/h22-23,25-26,60-65,67-77,82-84,86-88,90-94H,4-21,24,27-58H2,1-3H3,(H,80,85)(H,81,89)(H,95,96)/b23-22-,26-25-. The van der Waals surface area contributed by atoms with Crippen molar-refractivity contribution < 1.29 is 104 Å². The molecule has 23 nitrogen and oxygen atoms in total. The summed E-state index contributed by atoms with van der Waals surface area (Å²) in [5.74, 6) is -6.09. The second kappa shape index (κ2) is 58.3. The molecule has 3 aliphatic rings. The number of aliphatic carboxylic acids is 1. The number of aliphatic hydroxyl groups is 11. The highest BCUT2D eigenvalue weighted by Crippen LogP contribution is 2.39. The fourth-order valence-corrected chi connectivity index (χ4v) is 14.2. The third kappa shape index (κ3) is 38.3. The van der Waals surface area contributed by atoms with Crippen LogP contribution in [0.5, 0.6) is 0 Å². The van der Waals surface area contributed by atoms with Gasteiger partial charge in [-0.05, 0) is 44.9 Å². The molecule has 0 aliphatic carbocycles. The van der Waals surface area contributed by atoms with Crippen molar-refractivity contribution in [3.8, 4) is 0 Å². The molecule has 18 unspecified atom stereocenters. The third-order valence-corrected chi connectivity index (χ3v) is 20.7. The van der Waals surface area contributed by atoms with Crippen LogP contribution in [0, 0.1) is 0 Å². The van der Waals surface area contributed by atoms with Crippen molar-refractivity contribution in [2.45, 2.75) is 432 Å². The van der Waals surface area contributed by atoms with Gasteiger partial charge in [-0.25, -0.2) is 4.79 Å². The van der Waals surface area contributed by atoms with Crippen molar-refractivity contribution in [3.63, 3.8) is 0 Å². The summed E-state index contributed by atoms with van der Waals surface area (Å²) < 4.78 is 34.9. The number of hydrogen-bond donors (Lipinski definition) is 14. The molecule has 102 heavy (non-hydrogen) atoms. The Morgan fingerprint density at radius 1 is 0.510 bits per heavy atom. The lowest BCUT2D eigenvalue weighted by Crippen LogP contribution is -2.70. The zero-order chi connectivity index (χ0) is 74.6. The summed E-state index contributed by atoms with van der Waals surface area (Å²) in [6.07, 6.45) is 34.7. The molecule has 3 rings (SSSR count). The maximum Gasteiger partial charge on any atom is 0.364 e. The minimum absolute atomic E-state index is 0.226. The lowest BCUT2D eigenvalue weighted by Gasteiger charge is -2.50. The minimum Gasteiger partial charge on any atom is -0.477 e. The number of rotatable bonds is 64. The van der Waals surface area contributed by atoms with Crippen molar-refractivity contribution >= 4 is 17.8 Å². The summed E-state index contributed by atoms with van der Waals surface area (Å²) in [6, 6.07) is -2.53. The van der Waals surface area contributed by atoms with Gasteiger partial charge in [0.05, 0.1) is 50.7 Å². The number of carbonyl (C=O) groups is 3. The van der Waals surface area contributed by atoms with Crippen LogP contribution < -0.4 is 10.6 Å². The summed E-state index contributed by atoms with van der Waals surface area (Å²) in [6.45, 7) is 2.24. The first-order valence-corrected chi connectivity index (χ1v) is 40.7. The van der Waals surface area contributed by atoms with E-state index >= 15 is 0 Å². The van der Waals surface area contributed by atoms with E-state index in [0.29, 0.717) is 19.3 Å². The van der Waals surface area contributed by atoms with E-state index in [4.69, 9.17) is 28.4 Å². The molecule has 598 valence electrons. The van der Waals surface area contributed by atoms with Gasteiger partial charge in [0.25, 0.3) is 5.79 Å². The van der Waals surface area contributed by atoms with E-state index in [0.717, 1.165) is 64.7 Å². The van der Waals surface area contributed by atoms with Gasteiger partial charge in [-0.3, -0.25) is 9.59 Å². The van der Waals surface area contributed by atoms with Crippen LogP contribution >= 0.6 is 0 Å². The van der Waals surface area contributed by atoms with Crippen molar-refractivity contribution in [3.05, 3.63) is 24.3 Å². The van der Waals surface area contributed by atoms with Gasteiger partial charge in [-0.2, -0.15) is 0 Å². The van der Waals surface area contributed by atoms with Crippen molar-refractivity contribution in [1.82, 2.24) is 10.6 Å². The summed E-state index contributed by atoms with van der Waals surface area (Å²) in [5.41, 5.74) is 0. The molecule has 3 fully saturated rings. The van der Waals surface area contributed by atoms with E-state index in [1.165, 1.54) is 212 Å². The fraction of sp³-hybridized carbons (Fsp3) is 0.911. The van der Waals surface area contributed by atoms with E-state index in [2.05, 4.69) is 48.8 Å². The SMILES string of the molecule is CCCCCCCCCCC/C=C\C/C=C\CCCCCCCCCCCCCCCCCCCC(=O)NC(COC1OC(CO)C(OC2OC(CO)C(O)C(OC3(C(=O)O)CC(O)C(NC(C)=O)C(C(O)C(O)CO)O3)C2O)C(O)C1O)C(O)CCCCCCCCCCCCCCCCC. The first-order chi connectivity index (χ1) is 49.4. The number of unbranched alkanes of at least 4 members (excludes halogenated alkanes) is 40. The Balaban J connectivity index is 1.45. The van der Waals surface area contributed by atoms with Gasteiger partial charge in [0.1, 0.15) is 67.1 Å². The van der Waals surface area contributed by atoms with Gasteiger partial charge in [-0.15, -0.1) is 0 Å². The molecular weight excluding hydrogens is 1310 g/mol. The summed E-state index contributed by atoms with van der Waals surface area (Å²) in [4.78, 5) is 38.7. The van der Waals surface area contributed by atoms with Crippen molar-refractivity contribution in [1.29, 1.82) is 0 Å². The number of ether oxygens (including phenoxy) is 6. The second-order valence-corrected chi connectivity index (χ2v) is 29.6. The van der Waals surface area contributed by atoms with E-state index in [1.54, 1.807) is 0 Å². The Morgan fingerprint density at radius 2 is 0.941 bits per heavy atom. The molecule has 0 bridgehead atoms. The van der Waals surface area contributed by atoms with Crippen LogP contribution in [0.15, 0.2) is 24.3 Å². The quantitative estimate of drug-likeness (QED) is 0.0199. The van der Waals surface area contributed by atoms with Gasteiger partial charge in [-0.1, -0.05) is 282 Å². The zero-order valence-corrected chi connectivity index (χ0v) is 63.2. The normalized spacial score (nSPS) is 26.7. The second-order valence-electron chi connectivity index (χ2n) is 29.6. The number of aliphatic hydroxyl groups excluding tert-OH is 11. The molecule has 2 amide bonds. The molecular formula is C79H146N2O21. The van der Waals surface area contributed by atoms with Crippen LogP contribution in [0.25, 0.3) is 0 Å². The molecule has 0 radical (unpaired) electrons. The molecule has 3 heterocycles. The highest BCUT2D eigenvalue weighted by molar-refractivity contribution is 5.77. The lowest BCUT2D eigenvalue weighted by atomic mass is 9.88. The topological polar surface area (TPSA) is 373 Å². The number of carboxylic acids is 1. The first-order valence-electron chi connectivity index (χ1n) is 40.7. The van der Waals surface area contributed by atoms with Gasteiger partial charge in [0.2, 0.25) is 11.8 Å². The number of carboxylic acid groups (broad SMARTS) is 1. The Kier molecular flexibility index (Phi) is 53.4. The van der Waals surface area contributed by atoms with Gasteiger partial charge >= 0.3 is 5.97 Å². The van der Waals surface area contributed by atoms with Gasteiger partial charge in [0, 0.05) is 19.8 Å². The average Bonchev–Trinajstić information content (AvgIpc) is 0.756. The molecule has 0 spiro atoms. The van der Waals surface area contributed by atoms with Crippen LogP contribution in [0.3, 0.4) is 0 Å². The highest BCUT2D eigenvalue weighted by atomic mass is 16.8. The maximum atomic E-state index is 13.5. The molecule has 14 N–H and O–H groups in total. The van der Waals surface area contributed by atoms with Gasteiger partial charge < -0.3 is 100 Å². The van der Waals surface area contributed by atoms with Crippen LogP contribution in [0.2, 0.25) is 0 Å². The minimum atomic E-state index is -3.08. The van der Waals surface area contributed by atoms with Crippen LogP contribution in [-0.4, -0.2) is 215 Å². The predicted molar refractivity (Wildman–Crippen MR) is 394 cm³/mol. The van der Waals surface area contributed by atoms with Crippen LogP contribution in [0.1, 0.15) is 323 Å². The van der Waals surface area contributed by atoms with Crippen LogP contribution in [-0.2, 0) is 42.8 Å². The third-order valence-electron chi connectivity index (χ3n) is 20.7. The summed E-state index contributed by atoms with van der Waals surface area (Å²) in [7, 11) is 0. The summed E-state index contributed by atoms with van der Waals surface area (Å²) >= 11 is 0. The molecule has 0 aromatic carbocycles. The molecule has 3 saturated heterocycles. The average molecular weight is 1460 g/mol. The number of allylic oxidation sites excluding steroid dienone is 4. The number of amides is 2. The van der Waals surface area contributed by atoms with Crippen molar-refractivity contribution in [2.24, 2.45) is 0 Å². The monoisotopic (exact) mass is 1460 g/mol. The smallest absolute Gasteiger partial charge is 0.364 e. The molecule has 23 heteroatoms. The molecule has 3 aliphatic heterocycles. The van der Waals surface area contributed by atoms with Gasteiger partial charge in [0.15, 0.2) is 12.6 Å². The molecule has 0 aromatic heterocycles. The Bertz CT molecular complexity index is 2130. The molecule has 0 aromatic rings. The van der Waals surface area contributed by atoms with E-state index in [1.807, 2.05) is 0 Å². The summed E-state index contributed by atoms with van der Waals surface area (Å²) in [5, 5.41) is 136. The van der Waals surface area contributed by atoms with E-state index < -0.39 is 148 Å². The number of carbonyl (C=O) groups excluding carboxylic acids is 2. The van der Waals surface area contributed by atoms with Crippen molar-refractivity contribution in [2.75, 3.05) is 26.4 Å². The predicted octanol–water partition coefficient (Wildman–Crippen LogP) is 10.7. The first kappa shape index (κ1) is 93.4. The van der Waals surface area contributed by atoms with E-state index in [9.17, 15) is 75.7 Å². The number of nitrogens with one attached hydrogen (secondary N) is 2. The van der Waals surface area contributed by atoms with E-state index in [-0.39, 0.29) is 18.9 Å². The Hall–Kier alpha value is -2.79. The largest absolute Gasteiger partial charge is 0.477 e. The number of hydrogen-bond acceptors (Lipinski definition) is 20. The fourth-order valence-electron chi connectivity index (χ4n) is 14.2.